The summed E-state index contributed by atoms with van der Waals surface area (Å²) in [5.74, 6) is -1.63. The summed E-state index contributed by atoms with van der Waals surface area (Å²) < 4.78 is 18.5. The fourth-order valence-corrected chi connectivity index (χ4v) is 1.19. The molecule has 0 fully saturated rings. The van der Waals surface area contributed by atoms with Crippen molar-refractivity contribution in [3.05, 3.63) is 29.6 Å². The van der Waals surface area contributed by atoms with Crippen molar-refractivity contribution in [1.82, 2.24) is 0 Å². The third kappa shape index (κ3) is 3.83. The zero-order valence-corrected chi connectivity index (χ0v) is 9.90. The molecule has 0 aliphatic rings. The first-order valence-electron chi connectivity index (χ1n) is 5.09. The fourth-order valence-electron chi connectivity index (χ4n) is 1.19. The molecule has 0 atom stereocenters. The van der Waals surface area contributed by atoms with Crippen molar-refractivity contribution >= 4 is 18.6 Å². The van der Waals surface area contributed by atoms with Crippen molar-refractivity contribution in [3.8, 4) is 0 Å². The van der Waals surface area contributed by atoms with Crippen molar-refractivity contribution in [2.75, 3.05) is 0 Å². The lowest BCUT2D eigenvalue weighted by Gasteiger charge is -2.19. The number of rotatable bonds is 2. The van der Waals surface area contributed by atoms with Crippen LogP contribution < -0.4 is 5.46 Å². The number of benzene rings is 1. The molecule has 0 aliphatic carbocycles. The maximum absolute atomic E-state index is 13.5. The van der Waals surface area contributed by atoms with Gasteiger partial charge in [-0.3, -0.25) is 0 Å². The van der Waals surface area contributed by atoms with Crippen molar-refractivity contribution in [2.45, 2.75) is 26.4 Å². The van der Waals surface area contributed by atoms with Crippen LogP contribution in [0.4, 0.5) is 4.39 Å². The Morgan fingerprint density at radius 3 is 2.35 bits per heavy atom. The summed E-state index contributed by atoms with van der Waals surface area (Å²) in [4.78, 5) is 11.6. The number of esters is 1. The third-order valence-corrected chi connectivity index (χ3v) is 1.91. The summed E-state index contributed by atoms with van der Waals surface area (Å²) in [6.45, 7) is 5.03. The van der Waals surface area contributed by atoms with E-state index in [9.17, 15) is 9.18 Å². The first kappa shape index (κ1) is 13.7. The monoisotopic (exact) mass is 240 g/mol. The van der Waals surface area contributed by atoms with Gasteiger partial charge in [-0.05, 0) is 38.4 Å². The molecule has 0 unspecified atom stereocenters. The number of halogens is 1. The summed E-state index contributed by atoms with van der Waals surface area (Å²) in [6.07, 6.45) is 0. The van der Waals surface area contributed by atoms with Crippen LogP contribution in [0.15, 0.2) is 18.2 Å². The summed E-state index contributed by atoms with van der Waals surface area (Å²) >= 11 is 0. The van der Waals surface area contributed by atoms with Gasteiger partial charge in [0.15, 0.2) is 0 Å². The molecule has 0 spiro atoms. The van der Waals surface area contributed by atoms with Crippen LogP contribution in [0, 0.1) is 5.82 Å². The van der Waals surface area contributed by atoms with Gasteiger partial charge in [0.05, 0.1) is 5.56 Å². The van der Waals surface area contributed by atoms with Crippen LogP contribution in [0.25, 0.3) is 0 Å². The Labute approximate surface area is 99.2 Å². The maximum atomic E-state index is 13.5. The number of ether oxygens (including phenoxy) is 1. The molecule has 0 radical (unpaired) electrons. The molecule has 4 nitrogen and oxygen atoms in total. The molecule has 1 aromatic carbocycles. The Morgan fingerprint density at radius 1 is 1.35 bits per heavy atom. The van der Waals surface area contributed by atoms with E-state index in [1.165, 1.54) is 6.07 Å². The number of carbonyl (C=O) groups is 1. The van der Waals surface area contributed by atoms with E-state index in [4.69, 9.17) is 14.8 Å². The molecule has 1 aromatic rings. The maximum Gasteiger partial charge on any atom is 0.488 e. The third-order valence-electron chi connectivity index (χ3n) is 1.91. The summed E-state index contributed by atoms with van der Waals surface area (Å²) in [7, 11) is -1.77. The Bertz CT molecular complexity index is 426. The average Bonchev–Trinajstić information content (AvgIpc) is 2.14. The van der Waals surface area contributed by atoms with E-state index < -0.39 is 24.5 Å². The summed E-state index contributed by atoms with van der Waals surface area (Å²) in [5.41, 5.74) is -0.960. The van der Waals surface area contributed by atoms with E-state index in [-0.39, 0.29) is 11.0 Å². The Hall–Kier alpha value is -1.40. The second-order valence-electron chi connectivity index (χ2n) is 4.61. The Morgan fingerprint density at radius 2 is 1.94 bits per heavy atom. The van der Waals surface area contributed by atoms with Gasteiger partial charge in [0.2, 0.25) is 0 Å². The summed E-state index contributed by atoms with van der Waals surface area (Å²) in [6, 6.07) is 3.31. The Kier molecular flexibility index (Phi) is 3.90. The molecule has 0 saturated carbocycles. The first-order chi connectivity index (χ1) is 7.70. The normalized spacial score (nSPS) is 11.2. The van der Waals surface area contributed by atoms with E-state index >= 15 is 0 Å². The molecule has 17 heavy (non-hydrogen) atoms. The highest BCUT2D eigenvalue weighted by Gasteiger charge is 2.22. The highest BCUT2D eigenvalue weighted by Crippen LogP contribution is 2.13. The molecule has 0 amide bonds. The van der Waals surface area contributed by atoms with Gasteiger partial charge in [0, 0.05) is 0 Å². The topological polar surface area (TPSA) is 66.8 Å². The number of carbonyl (C=O) groups excluding carboxylic acids is 1. The molecule has 6 heteroatoms. The van der Waals surface area contributed by atoms with Crippen LogP contribution >= 0.6 is 0 Å². The molecule has 0 bridgehead atoms. The van der Waals surface area contributed by atoms with Gasteiger partial charge >= 0.3 is 13.1 Å². The first-order valence-corrected chi connectivity index (χ1v) is 5.09. The van der Waals surface area contributed by atoms with Gasteiger partial charge in [-0.2, -0.15) is 0 Å². The molecular weight excluding hydrogens is 226 g/mol. The molecule has 0 saturated heterocycles. The van der Waals surface area contributed by atoms with E-state index in [2.05, 4.69) is 0 Å². The molecular formula is C11H14BFO4. The number of hydrogen-bond donors (Lipinski definition) is 2. The van der Waals surface area contributed by atoms with Crippen LogP contribution in [0.2, 0.25) is 0 Å². The largest absolute Gasteiger partial charge is 0.488 e. The standard InChI is InChI=1S/C11H14BFO4/c1-11(2,3)17-10(14)8-5-4-7(12(15)16)6-9(8)13/h4-6,15-16H,1-3H3. The molecule has 0 aliphatic heterocycles. The second-order valence-corrected chi connectivity index (χ2v) is 4.61. The summed E-state index contributed by atoms with van der Waals surface area (Å²) in [5, 5.41) is 17.7. The lowest BCUT2D eigenvalue weighted by molar-refractivity contribution is 0.00647. The number of hydrogen-bond acceptors (Lipinski definition) is 4. The van der Waals surface area contributed by atoms with E-state index in [1.807, 2.05) is 0 Å². The van der Waals surface area contributed by atoms with Crippen LogP contribution in [0.3, 0.4) is 0 Å². The average molecular weight is 240 g/mol. The zero-order valence-electron chi connectivity index (χ0n) is 9.90. The minimum absolute atomic E-state index is 0.0187. The minimum atomic E-state index is -1.77. The van der Waals surface area contributed by atoms with Crippen molar-refractivity contribution in [3.63, 3.8) is 0 Å². The van der Waals surface area contributed by atoms with Gasteiger partial charge in [-0.25, -0.2) is 9.18 Å². The lowest BCUT2D eigenvalue weighted by Crippen LogP contribution is -2.31. The van der Waals surface area contributed by atoms with Crippen molar-refractivity contribution in [1.29, 1.82) is 0 Å². The van der Waals surface area contributed by atoms with E-state index in [0.29, 0.717) is 0 Å². The molecule has 1 rings (SSSR count). The highest BCUT2D eigenvalue weighted by molar-refractivity contribution is 6.58. The predicted molar refractivity (Wildman–Crippen MR) is 61.4 cm³/mol. The zero-order chi connectivity index (χ0) is 13.2. The van der Waals surface area contributed by atoms with Crippen LogP contribution in [0.1, 0.15) is 31.1 Å². The van der Waals surface area contributed by atoms with Gasteiger partial charge in [-0.1, -0.05) is 6.07 Å². The molecule has 2 N–H and O–H groups in total. The van der Waals surface area contributed by atoms with Crippen LogP contribution in [-0.2, 0) is 4.74 Å². The minimum Gasteiger partial charge on any atom is -0.456 e. The van der Waals surface area contributed by atoms with Gasteiger partial charge in [0.25, 0.3) is 0 Å². The van der Waals surface area contributed by atoms with Crippen LogP contribution in [0.5, 0.6) is 0 Å². The fraction of sp³-hybridized carbons (Fsp3) is 0.364. The van der Waals surface area contributed by atoms with Crippen molar-refractivity contribution in [2.24, 2.45) is 0 Å². The second kappa shape index (κ2) is 4.85. The Balaban J connectivity index is 2.96. The predicted octanol–water partition coefficient (Wildman–Crippen LogP) is 0.461. The smallest absolute Gasteiger partial charge is 0.456 e. The van der Waals surface area contributed by atoms with Gasteiger partial charge < -0.3 is 14.8 Å². The molecule has 0 heterocycles. The SMILES string of the molecule is CC(C)(C)OC(=O)c1ccc(B(O)O)cc1F. The van der Waals surface area contributed by atoms with E-state index in [1.54, 1.807) is 20.8 Å². The highest BCUT2D eigenvalue weighted by atomic mass is 19.1. The van der Waals surface area contributed by atoms with Gasteiger partial charge in [-0.15, -0.1) is 0 Å². The quantitative estimate of drug-likeness (QED) is 0.582. The molecule has 0 aromatic heterocycles. The van der Waals surface area contributed by atoms with Crippen LogP contribution in [-0.4, -0.2) is 28.7 Å². The van der Waals surface area contributed by atoms with E-state index in [0.717, 1.165) is 12.1 Å². The van der Waals surface area contributed by atoms with Gasteiger partial charge in [0.1, 0.15) is 11.4 Å². The lowest BCUT2D eigenvalue weighted by atomic mass is 9.80. The van der Waals surface area contributed by atoms with Crippen molar-refractivity contribution < 1.29 is 24.0 Å². The molecule has 92 valence electrons.